The molecule has 1 saturated carbocycles. The van der Waals surface area contributed by atoms with Crippen LogP contribution in [0.15, 0.2) is 23.4 Å². The molecule has 0 unspecified atom stereocenters. The molecule has 6 heteroatoms. The van der Waals surface area contributed by atoms with Crippen molar-refractivity contribution in [2.24, 2.45) is 11.1 Å². The quantitative estimate of drug-likeness (QED) is 0.700. The van der Waals surface area contributed by atoms with Gasteiger partial charge in [0.2, 0.25) is 5.91 Å². The van der Waals surface area contributed by atoms with Crippen LogP contribution in [-0.2, 0) is 9.63 Å². The highest BCUT2D eigenvalue weighted by Gasteiger charge is 2.31. The standard InChI is InChI=1S/C19H24Cl2N2O2/c1-2-9-23(19(24)13-5-3-4-6-13)12-15-11-18(22-25-15)14-7-8-16(20)17(21)10-14/h7-8,10,13,15H,2-6,9,11-12H2,1H3/t15-/m1/s1. The minimum atomic E-state index is -0.0960. The van der Waals surface area contributed by atoms with E-state index < -0.39 is 0 Å². The molecule has 3 rings (SSSR count). The van der Waals surface area contributed by atoms with Gasteiger partial charge >= 0.3 is 0 Å². The zero-order valence-electron chi connectivity index (χ0n) is 14.5. The summed E-state index contributed by atoms with van der Waals surface area (Å²) in [5, 5.41) is 5.24. The first kappa shape index (κ1) is 18.5. The van der Waals surface area contributed by atoms with Crippen molar-refractivity contribution in [3.63, 3.8) is 0 Å². The van der Waals surface area contributed by atoms with Crippen LogP contribution in [0.4, 0.5) is 0 Å². The number of rotatable bonds is 6. The predicted molar refractivity (Wildman–Crippen MR) is 101 cm³/mol. The van der Waals surface area contributed by atoms with Crippen molar-refractivity contribution >= 4 is 34.8 Å². The zero-order chi connectivity index (χ0) is 17.8. The van der Waals surface area contributed by atoms with Crippen LogP contribution in [0.3, 0.4) is 0 Å². The zero-order valence-corrected chi connectivity index (χ0v) is 16.0. The van der Waals surface area contributed by atoms with Gasteiger partial charge in [0.15, 0.2) is 6.10 Å². The second-order valence-electron chi connectivity index (χ2n) is 6.86. The Morgan fingerprint density at radius 2 is 2.04 bits per heavy atom. The molecule has 0 radical (unpaired) electrons. The predicted octanol–water partition coefficient (Wildman–Crippen LogP) is 4.92. The third kappa shape index (κ3) is 4.48. The first-order valence-electron chi connectivity index (χ1n) is 9.05. The molecule has 0 spiro atoms. The molecule has 1 heterocycles. The van der Waals surface area contributed by atoms with Crippen molar-refractivity contribution < 1.29 is 9.63 Å². The molecule has 1 aromatic carbocycles. The highest BCUT2D eigenvalue weighted by Crippen LogP contribution is 2.28. The van der Waals surface area contributed by atoms with E-state index in [0.717, 1.165) is 37.1 Å². The van der Waals surface area contributed by atoms with E-state index in [9.17, 15) is 4.79 Å². The number of carbonyl (C=O) groups excluding carboxylic acids is 1. The molecule has 0 bridgehead atoms. The van der Waals surface area contributed by atoms with E-state index in [4.69, 9.17) is 28.0 Å². The Morgan fingerprint density at radius 1 is 1.28 bits per heavy atom. The van der Waals surface area contributed by atoms with E-state index in [1.54, 1.807) is 6.07 Å². The van der Waals surface area contributed by atoms with Gasteiger partial charge in [-0.3, -0.25) is 4.79 Å². The number of amides is 1. The number of oxime groups is 1. The topological polar surface area (TPSA) is 41.9 Å². The maximum atomic E-state index is 12.8. The number of hydrogen-bond donors (Lipinski definition) is 0. The summed E-state index contributed by atoms with van der Waals surface area (Å²) in [6.07, 6.45) is 5.91. The molecule has 2 aliphatic rings. The molecule has 136 valence electrons. The third-order valence-corrected chi connectivity index (χ3v) is 5.66. The average molecular weight is 383 g/mol. The smallest absolute Gasteiger partial charge is 0.225 e. The van der Waals surface area contributed by atoms with Crippen molar-refractivity contribution in [3.05, 3.63) is 33.8 Å². The second kappa shape index (κ2) is 8.41. The highest BCUT2D eigenvalue weighted by atomic mass is 35.5. The minimum absolute atomic E-state index is 0.0960. The van der Waals surface area contributed by atoms with Crippen LogP contribution in [0.2, 0.25) is 10.0 Å². The number of hydrogen-bond acceptors (Lipinski definition) is 3. The van der Waals surface area contributed by atoms with Crippen molar-refractivity contribution in [1.29, 1.82) is 0 Å². The molecule has 1 aromatic rings. The van der Waals surface area contributed by atoms with Crippen LogP contribution in [0, 0.1) is 5.92 Å². The van der Waals surface area contributed by atoms with Gasteiger partial charge in [0.25, 0.3) is 0 Å². The van der Waals surface area contributed by atoms with E-state index in [1.165, 1.54) is 12.8 Å². The molecule has 1 aliphatic carbocycles. The highest BCUT2D eigenvalue weighted by molar-refractivity contribution is 6.42. The summed E-state index contributed by atoms with van der Waals surface area (Å²) in [7, 11) is 0. The Hall–Kier alpha value is -1.26. The second-order valence-corrected chi connectivity index (χ2v) is 7.68. The molecule has 1 amide bonds. The van der Waals surface area contributed by atoms with E-state index in [-0.39, 0.29) is 17.9 Å². The molecule has 0 aromatic heterocycles. The molecular formula is C19H24Cl2N2O2. The summed E-state index contributed by atoms with van der Waals surface area (Å²) in [6, 6.07) is 5.47. The van der Waals surface area contributed by atoms with Crippen LogP contribution in [0.5, 0.6) is 0 Å². The third-order valence-electron chi connectivity index (χ3n) is 4.92. The molecule has 25 heavy (non-hydrogen) atoms. The van der Waals surface area contributed by atoms with Gasteiger partial charge in [-0.05, 0) is 31.4 Å². The fourth-order valence-electron chi connectivity index (χ4n) is 3.61. The largest absolute Gasteiger partial charge is 0.390 e. The van der Waals surface area contributed by atoms with E-state index in [1.807, 2.05) is 17.0 Å². The lowest BCUT2D eigenvalue weighted by Gasteiger charge is -2.27. The number of halogens is 2. The minimum Gasteiger partial charge on any atom is -0.390 e. The molecule has 1 aliphatic heterocycles. The van der Waals surface area contributed by atoms with Crippen LogP contribution in [0.1, 0.15) is 51.0 Å². The first-order valence-corrected chi connectivity index (χ1v) is 9.81. The molecular weight excluding hydrogens is 359 g/mol. The van der Waals surface area contributed by atoms with Crippen LogP contribution < -0.4 is 0 Å². The van der Waals surface area contributed by atoms with Crippen LogP contribution in [0.25, 0.3) is 0 Å². The van der Waals surface area contributed by atoms with E-state index in [2.05, 4.69) is 12.1 Å². The normalized spacial score (nSPS) is 20.4. The van der Waals surface area contributed by atoms with Crippen molar-refractivity contribution in [2.75, 3.05) is 13.1 Å². The number of carbonyl (C=O) groups is 1. The lowest BCUT2D eigenvalue weighted by molar-refractivity contribution is -0.137. The fourth-order valence-corrected chi connectivity index (χ4v) is 3.91. The SMILES string of the molecule is CCCN(C[C@H]1CC(c2ccc(Cl)c(Cl)c2)=NO1)C(=O)C1CCCC1. The Morgan fingerprint density at radius 3 is 2.72 bits per heavy atom. The lowest BCUT2D eigenvalue weighted by Crippen LogP contribution is -2.41. The van der Waals surface area contributed by atoms with Gasteiger partial charge in [-0.25, -0.2) is 0 Å². The Labute approximate surface area is 159 Å². The van der Waals surface area contributed by atoms with Gasteiger partial charge < -0.3 is 9.74 Å². The lowest BCUT2D eigenvalue weighted by atomic mass is 10.0. The Kier molecular flexibility index (Phi) is 6.24. The monoisotopic (exact) mass is 382 g/mol. The summed E-state index contributed by atoms with van der Waals surface area (Å²) in [5.74, 6) is 0.481. The number of benzene rings is 1. The average Bonchev–Trinajstić information content (AvgIpc) is 3.28. The van der Waals surface area contributed by atoms with Crippen molar-refractivity contribution in [1.82, 2.24) is 4.90 Å². The van der Waals surface area contributed by atoms with Gasteiger partial charge in [-0.1, -0.05) is 54.2 Å². The van der Waals surface area contributed by atoms with Gasteiger partial charge in [0.1, 0.15) is 0 Å². The molecule has 1 fully saturated rings. The maximum Gasteiger partial charge on any atom is 0.225 e. The summed E-state index contributed by atoms with van der Waals surface area (Å²) in [5.41, 5.74) is 1.77. The Bertz CT molecular complexity index is 657. The first-order chi connectivity index (χ1) is 12.1. The fraction of sp³-hybridized carbons (Fsp3) is 0.579. The van der Waals surface area contributed by atoms with Gasteiger partial charge in [0.05, 0.1) is 22.3 Å². The maximum absolute atomic E-state index is 12.8. The summed E-state index contributed by atoms with van der Waals surface area (Å²) >= 11 is 12.1. The Balaban J connectivity index is 1.61. The molecule has 0 N–H and O–H groups in total. The molecule has 4 nitrogen and oxygen atoms in total. The van der Waals surface area contributed by atoms with Crippen LogP contribution >= 0.6 is 23.2 Å². The molecule has 1 atom stereocenters. The molecule has 0 saturated heterocycles. The van der Waals surface area contributed by atoms with E-state index >= 15 is 0 Å². The van der Waals surface area contributed by atoms with Crippen molar-refractivity contribution in [3.8, 4) is 0 Å². The summed E-state index contributed by atoms with van der Waals surface area (Å²) < 4.78 is 0. The van der Waals surface area contributed by atoms with Gasteiger partial charge in [-0.2, -0.15) is 0 Å². The number of nitrogens with zero attached hydrogens (tertiary/aromatic N) is 2. The van der Waals surface area contributed by atoms with Gasteiger partial charge in [-0.15, -0.1) is 0 Å². The summed E-state index contributed by atoms with van der Waals surface area (Å²) in [6.45, 7) is 3.47. The van der Waals surface area contributed by atoms with E-state index in [0.29, 0.717) is 23.0 Å². The van der Waals surface area contributed by atoms with Crippen molar-refractivity contribution in [2.45, 2.75) is 51.6 Å². The summed E-state index contributed by atoms with van der Waals surface area (Å²) in [4.78, 5) is 20.3. The van der Waals surface area contributed by atoms with Crippen LogP contribution in [-0.4, -0.2) is 35.7 Å². The van der Waals surface area contributed by atoms with Gasteiger partial charge in [0, 0.05) is 24.4 Å².